The summed E-state index contributed by atoms with van der Waals surface area (Å²) in [5, 5.41) is 5.60. The number of carbonyl (C=O) groups excluding carboxylic acids is 2. The molecule has 0 heterocycles. The molecule has 23 heavy (non-hydrogen) atoms. The van der Waals surface area contributed by atoms with E-state index >= 15 is 0 Å². The predicted molar refractivity (Wildman–Crippen MR) is 92.3 cm³/mol. The van der Waals surface area contributed by atoms with Crippen molar-refractivity contribution < 1.29 is 9.59 Å². The molecule has 0 fully saturated rings. The van der Waals surface area contributed by atoms with Gasteiger partial charge in [0.15, 0.2) is 0 Å². The molecule has 0 bridgehead atoms. The van der Waals surface area contributed by atoms with E-state index in [1.807, 2.05) is 30.3 Å². The van der Waals surface area contributed by atoms with E-state index in [1.165, 1.54) is 0 Å². The number of benzene rings is 2. The number of rotatable bonds is 5. The minimum absolute atomic E-state index is 0.0605. The number of hydrogen-bond donors (Lipinski definition) is 2. The van der Waals surface area contributed by atoms with Crippen molar-refractivity contribution in [3.8, 4) is 0 Å². The van der Waals surface area contributed by atoms with Crippen LogP contribution in [0.25, 0.3) is 0 Å². The molecule has 0 aliphatic carbocycles. The first kappa shape index (κ1) is 16.5. The Morgan fingerprint density at radius 3 is 2.26 bits per heavy atom. The van der Waals surface area contributed by atoms with Crippen LogP contribution in [0.3, 0.4) is 0 Å². The van der Waals surface area contributed by atoms with E-state index in [4.69, 9.17) is 0 Å². The molecule has 0 aromatic heterocycles. The third-order valence-corrected chi connectivity index (χ3v) is 3.33. The molecule has 2 rings (SSSR count). The first-order chi connectivity index (χ1) is 11.1. The Morgan fingerprint density at radius 1 is 0.957 bits per heavy atom. The number of carbonyl (C=O) groups is 2. The number of anilines is 2. The highest BCUT2D eigenvalue weighted by atomic mass is 16.2. The van der Waals surface area contributed by atoms with Gasteiger partial charge in [0.05, 0.1) is 0 Å². The molecule has 0 atom stereocenters. The number of amides is 3. The van der Waals surface area contributed by atoms with Gasteiger partial charge in [-0.3, -0.25) is 4.79 Å². The lowest BCUT2D eigenvalue weighted by Crippen LogP contribution is -2.30. The molecular formula is C18H21N3O2. The normalized spacial score (nSPS) is 10.0. The lowest BCUT2D eigenvalue weighted by Gasteiger charge is -2.18. The van der Waals surface area contributed by atoms with Crippen LogP contribution in [0.2, 0.25) is 0 Å². The van der Waals surface area contributed by atoms with Gasteiger partial charge in [-0.25, -0.2) is 4.79 Å². The van der Waals surface area contributed by atoms with Gasteiger partial charge in [-0.15, -0.1) is 0 Å². The summed E-state index contributed by atoms with van der Waals surface area (Å²) in [4.78, 5) is 25.3. The van der Waals surface area contributed by atoms with Crippen molar-refractivity contribution in [1.29, 1.82) is 0 Å². The second-order valence-electron chi connectivity index (χ2n) is 5.25. The molecule has 3 amide bonds. The molecule has 0 radical (unpaired) electrons. The molecule has 2 N–H and O–H groups in total. The molecule has 5 nitrogen and oxygen atoms in total. The molecule has 0 aliphatic heterocycles. The van der Waals surface area contributed by atoms with Crippen LogP contribution >= 0.6 is 0 Å². The van der Waals surface area contributed by atoms with Gasteiger partial charge in [-0.05, 0) is 23.8 Å². The van der Waals surface area contributed by atoms with E-state index in [9.17, 15) is 9.59 Å². The van der Waals surface area contributed by atoms with Crippen LogP contribution in [0.5, 0.6) is 0 Å². The van der Waals surface area contributed by atoms with Crippen LogP contribution in [0.1, 0.15) is 18.9 Å². The van der Waals surface area contributed by atoms with E-state index in [2.05, 4.69) is 10.6 Å². The van der Waals surface area contributed by atoms with Crippen molar-refractivity contribution in [1.82, 2.24) is 4.90 Å². The van der Waals surface area contributed by atoms with E-state index in [0.717, 1.165) is 5.56 Å². The molecule has 2 aromatic rings. The first-order valence-electron chi connectivity index (χ1n) is 7.54. The molecule has 0 saturated heterocycles. The fourth-order valence-electron chi connectivity index (χ4n) is 2.07. The maximum Gasteiger partial charge on any atom is 0.321 e. The summed E-state index contributed by atoms with van der Waals surface area (Å²) in [7, 11) is 1.74. The minimum Gasteiger partial charge on any atom is -0.326 e. The maximum absolute atomic E-state index is 12.2. The summed E-state index contributed by atoms with van der Waals surface area (Å²) in [5.41, 5.74) is 2.37. The van der Waals surface area contributed by atoms with Crippen molar-refractivity contribution >= 4 is 23.3 Å². The van der Waals surface area contributed by atoms with Crippen LogP contribution in [-0.2, 0) is 11.3 Å². The smallest absolute Gasteiger partial charge is 0.321 e. The number of nitrogens with zero attached hydrogens (tertiary/aromatic N) is 1. The minimum atomic E-state index is -0.201. The average molecular weight is 311 g/mol. The second kappa shape index (κ2) is 7.98. The lowest BCUT2D eigenvalue weighted by molar-refractivity contribution is -0.115. The third kappa shape index (κ3) is 5.14. The summed E-state index contributed by atoms with van der Waals surface area (Å²) >= 11 is 0. The molecule has 0 spiro atoms. The molecule has 5 heteroatoms. The summed E-state index contributed by atoms with van der Waals surface area (Å²) in [5.74, 6) is -0.0605. The van der Waals surface area contributed by atoms with Gasteiger partial charge >= 0.3 is 6.03 Å². The summed E-state index contributed by atoms with van der Waals surface area (Å²) in [6.45, 7) is 2.32. The topological polar surface area (TPSA) is 61.4 Å². The molecule has 0 saturated carbocycles. The number of hydrogen-bond acceptors (Lipinski definition) is 2. The zero-order chi connectivity index (χ0) is 16.7. The van der Waals surface area contributed by atoms with Gasteiger partial charge < -0.3 is 15.5 Å². The van der Waals surface area contributed by atoms with E-state index in [0.29, 0.717) is 24.3 Å². The van der Waals surface area contributed by atoms with Crippen molar-refractivity contribution in [3.63, 3.8) is 0 Å². The van der Waals surface area contributed by atoms with Gasteiger partial charge in [0.25, 0.3) is 0 Å². The first-order valence-corrected chi connectivity index (χ1v) is 7.54. The fraction of sp³-hybridized carbons (Fsp3) is 0.222. The Bertz CT molecular complexity index is 671. The van der Waals surface area contributed by atoms with E-state index in [-0.39, 0.29) is 11.9 Å². The van der Waals surface area contributed by atoms with Gasteiger partial charge in [0, 0.05) is 31.4 Å². The van der Waals surface area contributed by atoms with E-state index in [1.54, 1.807) is 43.1 Å². The lowest BCUT2D eigenvalue weighted by atomic mass is 10.2. The summed E-state index contributed by atoms with van der Waals surface area (Å²) in [6.07, 6.45) is 0.413. The zero-order valence-corrected chi connectivity index (χ0v) is 13.4. The third-order valence-electron chi connectivity index (χ3n) is 3.33. The highest BCUT2D eigenvalue weighted by molar-refractivity contribution is 5.93. The summed E-state index contributed by atoms with van der Waals surface area (Å²) in [6, 6.07) is 16.7. The van der Waals surface area contributed by atoms with Crippen LogP contribution in [-0.4, -0.2) is 23.9 Å². The highest BCUT2D eigenvalue weighted by Crippen LogP contribution is 2.16. The average Bonchev–Trinajstić information content (AvgIpc) is 2.56. The Kier molecular flexibility index (Phi) is 5.74. The number of urea groups is 1. The standard InChI is InChI=1S/C18H21N3O2/c1-3-17(22)19-15-10-7-11-16(12-15)20-18(23)21(2)13-14-8-5-4-6-9-14/h4-12H,3,13H2,1-2H3,(H,19,22)(H,20,23). The highest BCUT2D eigenvalue weighted by Gasteiger charge is 2.09. The van der Waals surface area contributed by atoms with Crippen LogP contribution in [0.15, 0.2) is 54.6 Å². The van der Waals surface area contributed by atoms with Gasteiger partial charge in [-0.2, -0.15) is 0 Å². The largest absolute Gasteiger partial charge is 0.326 e. The molecule has 0 aliphatic rings. The zero-order valence-electron chi connectivity index (χ0n) is 13.4. The van der Waals surface area contributed by atoms with Crippen molar-refractivity contribution in [2.75, 3.05) is 17.7 Å². The molecule has 120 valence electrons. The molecule has 0 unspecified atom stereocenters. The Hall–Kier alpha value is -2.82. The SMILES string of the molecule is CCC(=O)Nc1cccc(NC(=O)N(C)Cc2ccccc2)c1. The predicted octanol–water partition coefficient (Wildman–Crippen LogP) is 3.70. The van der Waals surface area contributed by atoms with Crippen molar-refractivity contribution in [2.24, 2.45) is 0 Å². The van der Waals surface area contributed by atoms with E-state index < -0.39 is 0 Å². The van der Waals surface area contributed by atoms with Gasteiger partial charge in [-0.1, -0.05) is 43.3 Å². The Balaban J connectivity index is 1.96. The summed E-state index contributed by atoms with van der Waals surface area (Å²) < 4.78 is 0. The van der Waals surface area contributed by atoms with Gasteiger partial charge in [0.2, 0.25) is 5.91 Å². The molecular weight excluding hydrogens is 290 g/mol. The number of nitrogens with one attached hydrogen (secondary N) is 2. The van der Waals surface area contributed by atoms with Crippen molar-refractivity contribution in [3.05, 3.63) is 60.2 Å². The quantitative estimate of drug-likeness (QED) is 0.884. The van der Waals surface area contributed by atoms with Gasteiger partial charge in [0.1, 0.15) is 0 Å². The van der Waals surface area contributed by atoms with Crippen LogP contribution < -0.4 is 10.6 Å². The maximum atomic E-state index is 12.2. The monoisotopic (exact) mass is 311 g/mol. The second-order valence-corrected chi connectivity index (χ2v) is 5.25. The molecule has 2 aromatic carbocycles. The van der Waals surface area contributed by atoms with Crippen LogP contribution in [0.4, 0.5) is 16.2 Å². The van der Waals surface area contributed by atoms with Crippen molar-refractivity contribution in [2.45, 2.75) is 19.9 Å². The Morgan fingerprint density at radius 2 is 1.61 bits per heavy atom. The fourth-order valence-corrected chi connectivity index (χ4v) is 2.07. The Labute approximate surface area is 136 Å². The van der Waals surface area contributed by atoms with Crippen LogP contribution in [0, 0.1) is 0 Å².